The summed E-state index contributed by atoms with van der Waals surface area (Å²) in [5.74, 6) is -0.727. The molecule has 7 nitrogen and oxygen atoms in total. The fourth-order valence-corrected chi connectivity index (χ4v) is 3.64. The zero-order valence-electron chi connectivity index (χ0n) is 13.8. The van der Waals surface area contributed by atoms with Crippen molar-refractivity contribution in [2.24, 2.45) is 5.41 Å². The maximum absolute atomic E-state index is 12.4. The number of aromatic nitrogens is 3. The highest BCUT2D eigenvalue weighted by atomic mass is 79.9. The Labute approximate surface area is 157 Å². The van der Waals surface area contributed by atoms with Crippen molar-refractivity contribution < 1.29 is 9.59 Å². The molecule has 0 unspecified atom stereocenters. The number of fused-ring (bicyclic) bond motifs is 3. The van der Waals surface area contributed by atoms with Gasteiger partial charge in [0.05, 0.1) is 18.3 Å². The van der Waals surface area contributed by atoms with Crippen LogP contribution in [-0.2, 0) is 11.3 Å². The summed E-state index contributed by atoms with van der Waals surface area (Å²) in [4.78, 5) is 35.0. The summed E-state index contributed by atoms with van der Waals surface area (Å²) in [5, 5.41) is 6.81. The van der Waals surface area contributed by atoms with Crippen molar-refractivity contribution in [3.05, 3.63) is 37.7 Å². The molecular formula is C16H16BrClN4O3. The number of nitrogens with one attached hydrogen (secondary N) is 1. The summed E-state index contributed by atoms with van der Waals surface area (Å²) in [6.07, 6.45) is 1.75. The van der Waals surface area contributed by atoms with E-state index in [9.17, 15) is 14.4 Å². The highest BCUT2D eigenvalue weighted by Gasteiger charge is 2.35. The van der Waals surface area contributed by atoms with E-state index in [0.717, 1.165) is 0 Å². The van der Waals surface area contributed by atoms with Crippen molar-refractivity contribution in [1.29, 1.82) is 0 Å². The zero-order valence-corrected chi connectivity index (χ0v) is 16.2. The Hall–Kier alpha value is -1.93. The molecule has 0 bridgehead atoms. The number of hydrogen-bond acceptors (Lipinski definition) is 4. The normalized spacial score (nSPS) is 16.1. The standard InChI is InChI=1S/C16H16BrClN4O3/c1-16(2,3)11-6-22-13(12(18)14(17)20-22)9-4-10(24)8(5-21(9)11)15(25)19-7-23/h4-5,7,11H,6H2,1-3H3,(H,19,23,25)/t11-/m0/s1. The molecule has 2 amide bonds. The van der Waals surface area contributed by atoms with Crippen LogP contribution in [0.15, 0.2) is 21.7 Å². The van der Waals surface area contributed by atoms with Crippen molar-refractivity contribution in [2.75, 3.05) is 0 Å². The molecular weight excluding hydrogens is 412 g/mol. The molecule has 1 N–H and O–H groups in total. The second-order valence-corrected chi connectivity index (χ2v) is 8.08. The number of carbonyl (C=O) groups is 2. The van der Waals surface area contributed by atoms with Crippen LogP contribution in [0.25, 0.3) is 11.4 Å². The van der Waals surface area contributed by atoms with Crippen LogP contribution in [0.5, 0.6) is 0 Å². The molecule has 0 aliphatic carbocycles. The van der Waals surface area contributed by atoms with Gasteiger partial charge in [-0.15, -0.1) is 0 Å². The van der Waals surface area contributed by atoms with Crippen molar-refractivity contribution in [2.45, 2.75) is 33.4 Å². The largest absolute Gasteiger partial charge is 0.340 e. The zero-order chi connectivity index (χ0) is 18.5. The molecule has 1 aliphatic rings. The van der Waals surface area contributed by atoms with Crippen LogP contribution in [0.2, 0.25) is 5.02 Å². The van der Waals surface area contributed by atoms with Crippen LogP contribution in [0.3, 0.4) is 0 Å². The first-order chi connectivity index (χ1) is 11.6. The van der Waals surface area contributed by atoms with Crippen LogP contribution >= 0.6 is 27.5 Å². The predicted octanol–water partition coefficient (Wildman–Crippen LogP) is 2.61. The Kier molecular flexibility index (Phi) is 4.36. The van der Waals surface area contributed by atoms with Gasteiger partial charge < -0.3 is 4.57 Å². The van der Waals surface area contributed by atoms with Gasteiger partial charge in [0.25, 0.3) is 5.91 Å². The summed E-state index contributed by atoms with van der Waals surface area (Å²) in [6, 6.07) is 1.30. The van der Waals surface area contributed by atoms with E-state index in [2.05, 4.69) is 41.8 Å². The van der Waals surface area contributed by atoms with Crippen LogP contribution in [0, 0.1) is 5.41 Å². The van der Waals surface area contributed by atoms with E-state index in [1.165, 1.54) is 12.3 Å². The Morgan fingerprint density at radius 3 is 2.76 bits per heavy atom. The van der Waals surface area contributed by atoms with Crippen LogP contribution in [-0.4, -0.2) is 26.7 Å². The maximum atomic E-state index is 12.4. The Balaban J connectivity index is 2.30. The molecule has 9 heteroatoms. The lowest BCUT2D eigenvalue weighted by Gasteiger charge is -2.38. The molecule has 2 aromatic heterocycles. The molecule has 25 heavy (non-hydrogen) atoms. The molecule has 0 aromatic carbocycles. The SMILES string of the molecule is CC(C)(C)[C@@H]1Cn2nc(Br)c(Cl)c2-c2cc(=O)c(C(=O)NC=O)cn21. The maximum Gasteiger partial charge on any atom is 0.263 e. The fraction of sp³-hybridized carbons (Fsp3) is 0.375. The average molecular weight is 428 g/mol. The van der Waals surface area contributed by atoms with E-state index in [1.807, 2.05) is 9.88 Å². The molecule has 3 rings (SSSR count). The van der Waals surface area contributed by atoms with Gasteiger partial charge in [0.15, 0.2) is 5.43 Å². The number of amides is 2. The van der Waals surface area contributed by atoms with E-state index in [-0.39, 0.29) is 23.4 Å². The Morgan fingerprint density at radius 2 is 2.16 bits per heavy atom. The minimum Gasteiger partial charge on any atom is -0.340 e. The van der Waals surface area contributed by atoms with Gasteiger partial charge in [-0.1, -0.05) is 32.4 Å². The van der Waals surface area contributed by atoms with Gasteiger partial charge in [-0.3, -0.25) is 24.4 Å². The quantitative estimate of drug-likeness (QED) is 0.747. The number of halogens is 2. The van der Waals surface area contributed by atoms with Crippen LogP contribution < -0.4 is 10.7 Å². The number of nitrogens with zero attached hydrogens (tertiary/aromatic N) is 3. The molecule has 3 heterocycles. The topological polar surface area (TPSA) is 86.0 Å². The highest BCUT2D eigenvalue weighted by molar-refractivity contribution is 9.10. The number of hydrogen-bond donors (Lipinski definition) is 1. The van der Waals surface area contributed by atoms with E-state index in [0.29, 0.717) is 27.6 Å². The molecule has 0 spiro atoms. The van der Waals surface area contributed by atoms with Crippen molar-refractivity contribution >= 4 is 39.8 Å². The third-order valence-corrected chi connectivity index (χ3v) is 5.44. The Bertz CT molecular complexity index is 942. The van der Waals surface area contributed by atoms with Crippen LogP contribution in [0.4, 0.5) is 0 Å². The fourth-order valence-electron chi connectivity index (χ4n) is 3.03. The number of pyridine rings is 1. The average Bonchev–Trinajstić information content (AvgIpc) is 2.80. The van der Waals surface area contributed by atoms with Crippen molar-refractivity contribution in [1.82, 2.24) is 19.7 Å². The Morgan fingerprint density at radius 1 is 1.48 bits per heavy atom. The summed E-state index contributed by atoms with van der Waals surface area (Å²) >= 11 is 9.67. The summed E-state index contributed by atoms with van der Waals surface area (Å²) < 4.78 is 4.14. The summed E-state index contributed by atoms with van der Waals surface area (Å²) in [6.45, 7) is 6.73. The number of rotatable bonds is 2. The first-order valence-corrected chi connectivity index (χ1v) is 8.75. The smallest absolute Gasteiger partial charge is 0.263 e. The van der Waals surface area contributed by atoms with Gasteiger partial charge in [-0.25, -0.2) is 0 Å². The molecule has 132 valence electrons. The van der Waals surface area contributed by atoms with E-state index in [1.54, 1.807) is 4.68 Å². The molecule has 0 radical (unpaired) electrons. The van der Waals surface area contributed by atoms with Gasteiger partial charge in [0.2, 0.25) is 6.41 Å². The van der Waals surface area contributed by atoms with Gasteiger partial charge >= 0.3 is 0 Å². The van der Waals surface area contributed by atoms with E-state index < -0.39 is 11.3 Å². The minimum absolute atomic E-state index is 0.0683. The molecule has 0 saturated heterocycles. The molecule has 1 aliphatic heterocycles. The van der Waals surface area contributed by atoms with E-state index in [4.69, 9.17) is 11.6 Å². The second-order valence-electron chi connectivity index (χ2n) is 6.95. The van der Waals surface area contributed by atoms with Gasteiger partial charge in [-0.2, -0.15) is 5.10 Å². The van der Waals surface area contributed by atoms with Gasteiger partial charge in [0.1, 0.15) is 20.9 Å². The van der Waals surface area contributed by atoms with Crippen molar-refractivity contribution in [3.63, 3.8) is 0 Å². The lowest BCUT2D eigenvalue weighted by atomic mass is 9.85. The minimum atomic E-state index is -0.727. The lowest BCUT2D eigenvalue weighted by molar-refractivity contribution is -0.108. The monoisotopic (exact) mass is 426 g/mol. The predicted molar refractivity (Wildman–Crippen MR) is 96.7 cm³/mol. The first-order valence-electron chi connectivity index (χ1n) is 7.58. The summed E-state index contributed by atoms with van der Waals surface area (Å²) in [5.41, 5.74) is 0.453. The molecule has 2 aromatic rings. The van der Waals surface area contributed by atoms with Crippen molar-refractivity contribution in [3.8, 4) is 11.4 Å². The van der Waals surface area contributed by atoms with Gasteiger partial charge in [-0.05, 0) is 21.3 Å². The number of carbonyl (C=O) groups excluding carboxylic acids is 2. The lowest BCUT2D eigenvalue weighted by Crippen LogP contribution is -2.36. The van der Waals surface area contributed by atoms with Gasteiger partial charge in [0, 0.05) is 12.3 Å². The third kappa shape index (κ3) is 2.93. The molecule has 1 atom stereocenters. The molecule has 0 saturated carbocycles. The third-order valence-electron chi connectivity index (χ3n) is 4.29. The van der Waals surface area contributed by atoms with Crippen LogP contribution in [0.1, 0.15) is 37.2 Å². The molecule has 0 fully saturated rings. The second kappa shape index (κ2) is 6.10. The highest BCUT2D eigenvalue weighted by Crippen LogP contribution is 2.43. The first kappa shape index (κ1) is 17.9. The van der Waals surface area contributed by atoms with E-state index >= 15 is 0 Å². The number of imide groups is 1. The summed E-state index contributed by atoms with van der Waals surface area (Å²) in [7, 11) is 0.